The summed E-state index contributed by atoms with van der Waals surface area (Å²) in [4.78, 5) is 0. The van der Waals surface area contributed by atoms with Crippen LogP contribution < -0.4 is 15.4 Å². The van der Waals surface area contributed by atoms with Gasteiger partial charge >= 0.3 is 0 Å². The van der Waals surface area contributed by atoms with Crippen LogP contribution in [0, 0.1) is 13.8 Å². The van der Waals surface area contributed by atoms with Crippen LogP contribution in [-0.4, -0.2) is 26.2 Å². The highest BCUT2D eigenvalue weighted by Crippen LogP contribution is 2.23. The SMILES string of the molecule is COc1ccc(CNCCNC2CC2)c(C)c1C. The van der Waals surface area contributed by atoms with Crippen molar-refractivity contribution < 1.29 is 4.74 Å². The second-order valence-electron chi connectivity index (χ2n) is 5.08. The van der Waals surface area contributed by atoms with Crippen LogP contribution in [0.4, 0.5) is 0 Å². The van der Waals surface area contributed by atoms with Gasteiger partial charge in [-0.1, -0.05) is 6.07 Å². The molecular formula is C15H24N2O. The molecule has 0 aromatic heterocycles. The Hall–Kier alpha value is -1.06. The van der Waals surface area contributed by atoms with E-state index < -0.39 is 0 Å². The monoisotopic (exact) mass is 248 g/mol. The lowest BCUT2D eigenvalue weighted by Crippen LogP contribution is -2.28. The van der Waals surface area contributed by atoms with Crippen LogP contribution in [0.1, 0.15) is 29.5 Å². The number of ether oxygens (including phenoxy) is 1. The summed E-state index contributed by atoms with van der Waals surface area (Å²) in [7, 11) is 1.73. The molecule has 1 saturated carbocycles. The number of hydrogen-bond acceptors (Lipinski definition) is 3. The van der Waals surface area contributed by atoms with E-state index in [1.807, 2.05) is 0 Å². The van der Waals surface area contributed by atoms with Gasteiger partial charge in [0.25, 0.3) is 0 Å². The van der Waals surface area contributed by atoms with Crippen LogP contribution >= 0.6 is 0 Å². The Balaban J connectivity index is 1.79. The predicted octanol–water partition coefficient (Wildman–Crippen LogP) is 2.15. The van der Waals surface area contributed by atoms with Gasteiger partial charge in [0.1, 0.15) is 5.75 Å². The molecule has 0 atom stereocenters. The van der Waals surface area contributed by atoms with Crippen molar-refractivity contribution in [2.75, 3.05) is 20.2 Å². The summed E-state index contributed by atoms with van der Waals surface area (Å²) in [5.74, 6) is 0.978. The molecule has 2 N–H and O–H groups in total. The summed E-state index contributed by atoms with van der Waals surface area (Å²) in [6.07, 6.45) is 2.72. The highest BCUT2D eigenvalue weighted by atomic mass is 16.5. The fourth-order valence-electron chi connectivity index (χ4n) is 2.14. The summed E-state index contributed by atoms with van der Waals surface area (Å²) in [5.41, 5.74) is 3.93. The number of rotatable bonds is 7. The molecule has 0 amide bonds. The van der Waals surface area contributed by atoms with Gasteiger partial charge in [-0.15, -0.1) is 0 Å². The molecule has 1 aliphatic carbocycles. The van der Waals surface area contributed by atoms with Gasteiger partial charge in [-0.05, 0) is 49.4 Å². The predicted molar refractivity (Wildman–Crippen MR) is 75.2 cm³/mol. The molecule has 1 aliphatic rings. The Morgan fingerprint density at radius 3 is 2.61 bits per heavy atom. The fraction of sp³-hybridized carbons (Fsp3) is 0.600. The lowest BCUT2D eigenvalue weighted by molar-refractivity contribution is 0.411. The summed E-state index contributed by atoms with van der Waals surface area (Å²) in [6, 6.07) is 5.02. The van der Waals surface area contributed by atoms with E-state index in [-0.39, 0.29) is 0 Å². The Morgan fingerprint density at radius 2 is 1.94 bits per heavy atom. The zero-order chi connectivity index (χ0) is 13.0. The van der Waals surface area contributed by atoms with E-state index >= 15 is 0 Å². The second-order valence-corrected chi connectivity index (χ2v) is 5.08. The molecule has 0 radical (unpaired) electrons. The maximum Gasteiger partial charge on any atom is 0.122 e. The third kappa shape index (κ3) is 3.47. The maximum atomic E-state index is 5.33. The highest BCUT2D eigenvalue weighted by molar-refractivity contribution is 5.43. The van der Waals surface area contributed by atoms with Gasteiger partial charge in [0.2, 0.25) is 0 Å². The molecule has 2 rings (SSSR count). The molecule has 0 aliphatic heterocycles. The van der Waals surface area contributed by atoms with Gasteiger partial charge in [0.15, 0.2) is 0 Å². The minimum absolute atomic E-state index is 0.803. The summed E-state index contributed by atoms with van der Waals surface area (Å²) in [5, 5.41) is 6.99. The first-order valence-corrected chi connectivity index (χ1v) is 6.79. The van der Waals surface area contributed by atoms with Gasteiger partial charge < -0.3 is 15.4 Å². The van der Waals surface area contributed by atoms with E-state index in [1.165, 1.54) is 29.5 Å². The largest absolute Gasteiger partial charge is 0.496 e. The van der Waals surface area contributed by atoms with Crippen molar-refractivity contribution >= 4 is 0 Å². The van der Waals surface area contributed by atoms with Gasteiger partial charge in [-0.2, -0.15) is 0 Å². The minimum Gasteiger partial charge on any atom is -0.496 e. The van der Waals surface area contributed by atoms with E-state index in [1.54, 1.807) is 7.11 Å². The molecule has 3 heteroatoms. The van der Waals surface area contributed by atoms with E-state index in [9.17, 15) is 0 Å². The van der Waals surface area contributed by atoms with Gasteiger partial charge in [0, 0.05) is 25.7 Å². The van der Waals surface area contributed by atoms with Gasteiger partial charge in [-0.25, -0.2) is 0 Å². The Morgan fingerprint density at radius 1 is 1.17 bits per heavy atom. The third-order valence-electron chi connectivity index (χ3n) is 3.70. The lowest BCUT2D eigenvalue weighted by Gasteiger charge is -2.13. The molecule has 100 valence electrons. The van der Waals surface area contributed by atoms with Crippen molar-refractivity contribution in [3.63, 3.8) is 0 Å². The van der Waals surface area contributed by atoms with Crippen LogP contribution in [0.25, 0.3) is 0 Å². The molecule has 0 spiro atoms. The topological polar surface area (TPSA) is 33.3 Å². The molecular weight excluding hydrogens is 224 g/mol. The molecule has 18 heavy (non-hydrogen) atoms. The van der Waals surface area contributed by atoms with Crippen LogP contribution in [0.2, 0.25) is 0 Å². The van der Waals surface area contributed by atoms with Crippen LogP contribution in [0.3, 0.4) is 0 Å². The van der Waals surface area contributed by atoms with E-state index in [4.69, 9.17) is 4.74 Å². The average molecular weight is 248 g/mol. The molecule has 0 saturated heterocycles. The number of benzene rings is 1. The van der Waals surface area contributed by atoms with Crippen molar-refractivity contribution in [3.05, 3.63) is 28.8 Å². The van der Waals surface area contributed by atoms with Crippen molar-refractivity contribution in [3.8, 4) is 5.75 Å². The first-order chi connectivity index (χ1) is 8.72. The van der Waals surface area contributed by atoms with Crippen molar-refractivity contribution in [2.24, 2.45) is 0 Å². The zero-order valence-corrected chi connectivity index (χ0v) is 11.7. The molecule has 1 aromatic rings. The van der Waals surface area contributed by atoms with E-state index in [2.05, 4.69) is 36.6 Å². The number of methoxy groups -OCH3 is 1. The van der Waals surface area contributed by atoms with Gasteiger partial charge in [0.05, 0.1) is 7.11 Å². The minimum atomic E-state index is 0.803. The molecule has 3 nitrogen and oxygen atoms in total. The van der Waals surface area contributed by atoms with Crippen molar-refractivity contribution in [1.29, 1.82) is 0 Å². The highest BCUT2D eigenvalue weighted by Gasteiger charge is 2.19. The smallest absolute Gasteiger partial charge is 0.122 e. The number of nitrogens with one attached hydrogen (secondary N) is 2. The van der Waals surface area contributed by atoms with Crippen molar-refractivity contribution in [2.45, 2.75) is 39.3 Å². The second kappa shape index (κ2) is 6.21. The lowest BCUT2D eigenvalue weighted by atomic mass is 10.0. The Bertz CT molecular complexity index is 400. The molecule has 0 bridgehead atoms. The van der Waals surface area contributed by atoms with Gasteiger partial charge in [-0.3, -0.25) is 0 Å². The maximum absolute atomic E-state index is 5.33. The quantitative estimate of drug-likeness (QED) is 0.725. The van der Waals surface area contributed by atoms with Crippen LogP contribution in [-0.2, 0) is 6.54 Å². The third-order valence-corrected chi connectivity index (χ3v) is 3.70. The number of hydrogen-bond donors (Lipinski definition) is 2. The zero-order valence-electron chi connectivity index (χ0n) is 11.7. The standard InChI is InChI=1S/C15H24N2O/c1-11-12(2)15(18-3)7-4-13(11)10-16-8-9-17-14-5-6-14/h4,7,14,16-17H,5-6,8-10H2,1-3H3. The molecule has 1 aromatic carbocycles. The fourth-order valence-corrected chi connectivity index (χ4v) is 2.14. The van der Waals surface area contributed by atoms with E-state index in [0.717, 1.165) is 31.4 Å². The molecule has 1 fully saturated rings. The summed E-state index contributed by atoms with van der Waals surface area (Å²) < 4.78 is 5.33. The summed E-state index contributed by atoms with van der Waals surface area (Å²) in [6.45, 7) is 7.31. The van der Waals surface area contributed by atoms with Crippen LogP contribution in [0.5, 0.6) is 5.75 Å². The normalized spacial score (nSPS) is 14.8. The molecule has 0 heterocycles. The average Bonchev–Trinajstić information content (AvgIpc) is 3.18. The molecule has 0 unspecified atom stereocenters. The Kier molecular flexibility index (Phi) is 4.61. The summed E-state index contributed by atoms with van der Waals surface area (Å²) >= 11 is 0. The first-order valence-electron chi connectivity index (χ1n) is 6.79. The van der Waals surface area contributed by atoms with E-state index in [0.29, 0.717) is 0 Å². The van der Waals surface area contributed by atoms with Crippen molar-refractivity contribution in [1.82, 2.24) is 10.6 Å². The first kappa shape index (κ1) is 13.4. The van der Waals surface area contributed by atoms with Crippen LogP contribution in [0.15, 0.2) is 12.1 Å². The Labute approximate surface area is 110 Å².